The first kappa shape index (κ1) is 11.3. The van der Waals surface area contributed by atoms with Gasteiger partial charge in [-0.15, -0.1) is 0 Å². The minimum absolute atomic E-state index is 0. The summed E-state index contributed by atoms with van der Waals surface area (Å²) in [4.78, 5) is 4.03. The number of rotatable bonds is 1. The first-order valence-corrected chi connectivity index (χ1v) is 3.79. The van der Waals surface area contributed by atoms with Crippen molar-refractivity contribution in [2.75, 3.05) is 0 Å². The predicted octanol–water partition coefficient (Wildman–Crippen LogP) is -2.37. The maximum absolute atomic E-state index is 10.3. The van der Waals surface area contributed by atoms with Crippen LogP contribution >= 0.6 is 0 Å². The van der Waals surface area contributed by atoms with Crippen molar-refractivity contribution in [2.45, 2.75) is 11.8 Å². The summed E-state index contributed by atoms with van der Waals surface area (Å²) in [5.74, 6) is 0. The fourth-order valence-electron chi connectivity index (χ4n) is 0.553. The van der Waals surface area contributed by atoms with Gasteiger partial charge in [0.25, 0.3) is 0 Å². The molecule has 0 fully saturated rings. The van der Waals surface area contributed by atoms with Gasteiger partial charge in [-0.05, 0) is 30.1 Å². The van der Waals surface area contributed by atoms with Gasteiger partial charge in [0.1, 0.15) is 0 Å². The van der Waals surface area contributed by atoms with Crippen LogP contribution in [0.25, 0.3) is 0 Å². The molecule has 54 valence electrons. The van der Waals surface area contributed by atoms with Crippen LogP contribution in [0.5, 0.6) is 0 Å². The van der Waals surface area contributed by atoms with Crippen molar-refractivity contribution in [1.29, 1.82) is 0 Å². The van der Waals surface area contributed by atoms with E-state index in [1.165, 1.54) is 12.3 Å². The molecule has 1 heterocycles. The van der Waals surface area contributed by atoms with Crippen molar-refractivity contribution in [2.24, 2.45) is 0 Å². The smallest absolute Gasteiger partial charge is 0.768 e. The molecule has 0 amide bonds. The van der Waals surface area contributed by atoms with E-state index in [9.17, 15) is 8.76 Å². The number of nitrogens with zero attached hydrogens (tertiary/aromatic N) is 1. The van der Waals surface area contributed by atoms with Crippen LogP contribution in [-0.2, 0) is 11.1 Å². The second-order valence-corrected chi connectivity index (χ2v) is 2.81. The largest absolute Gasteiger partial charge is 1.00 e. The first-order valence-electron chi connectivity index (χ1n) is 2.72. The Balaban J connectivity index is 0.000001000. The standard InChI is InChI=1S/C6H7NO2S.Na/c1-5-2-3-6(4-7-5)10(8)9;/h2-4H,1H3,(H,8,9);/q;+1/p-1. The SMILES string of the molecule is Cc1ccc(S(=O)[O-])cn1.[Na+]. The van der Waals surface area contributed by atoms with Gasteiger partial charge < -0.3 is 4.55 Å². The van der Waals surface area contributed by atoms with E-state index in [0.717, 1.165) is 5.69 Å². The summed E-state index contributed by atoms with van der Waals surface area (Å²) in [6.45, 7) is 1.80. The van der Waals surface area contributed by atoms with Gasteiger partial charge in [-0.2, -0.15) is 0 Å². The van der Waals surface area contributed by atoms with Gasteiger partial charge in [-0.25, -0.2) is 0 Å². The second kappa shape index (κ2) is 5.00. The Kier molecular flexibility index (Phi) is 5.12. The summed E-state index contributed by atoms with van der Waals surface area (Å²) < 4.78 is 20.5. The molecule has 0 bridgehead atoms. The molecular formula is C6H6NNaO2S. The van der Waals surface area contributed by atoms with Crippen LogP contribution in [0.4, 0.5) is 0 Å². The average molecular weight is 179 g/mol. The van der Waals surface area contributed by atoms with Crippen LogP contribution in [0.15, 0.2) is 23.2 Å². The van der Waals surface area contributed by atoms with Crippen LogP contribution in [0.3, 0.4) is 0 Å². The van der Waals surface area contributed by atoms with Crippen molar-refractivity contribution in [1.82, 2.24) is 4.98 Å². The van der Waals surface area contributed by atoms with Gasteiger partial charge in [0.05, 0.1) is 0 Å². The number of aryl methyl sites for hydroxylation is 1. The number of aromatic nitrogens is 1. The van der Waals surface area contributed by atoms with Crippen LogP contribution in [-0.4, -0.2) is 13.7 Å². The maximum atomic E-state index is 10.3. The molecule has 0 spiro atoms. The number of hydrogen-bond acceptors (Lipinski definition) is 3. The summed E-state index contributed by atoms with van der Waals surface area (Å²) in [7, 11) is 0. The Labute approximate surface area is 89.8 Å². The minimum atomic E-state index is -2.15. The zero-order chi connectivity index (χ0) is 7.56. The number of hydrogen-bond donors (Lipinski definition) is 0. The zero-order valence-electron chi connectivity index (χ0n) is 6.40. The Morgan fingerprint density at radius 2 is 2.18 bits per heavy atom. The van der Waals surface area contributed by atoms with Crippen molar-refractivity contribution in [3.05, 3.63) is 24.0 Å². The molecule has 0 saturated heterocycles. The molecule has 3 nitrogen and oxygen atoms in total. The Hall–Kier alpha value is 0.260. The van der Waals surface area contributed by atoms with E-state index in [1.807, 2.05) is 0 Å². The molecule has 0 aliphatic rings. The molecule has 0 radical (unpaired) electrons. The third kappa shape index (κ3) is 3.44. The van der Waals surface area contributed by atoms with Crippen LogP contribution in [0, 0.1) is 6.92 Å². The Morgan fingerprint density at radius 3 is 2.55 bits per heavy atom. The van der Waals surface area contributed by atoms with Gasteiger partial charge in [0.15, 0.2) is 0 Å². The van der Waals surface area contributed by atoms with Crippen molar-refractivity contribution < 1.29 is 38.3 Å². The third-order valence-corrected chi connectivity index (χ3v) is 1.70. The molecule has 0 aromatic carbocycles. The van der Waals surface area contributed by atoms with Crippen LogP contribution in [0.1, 0.15) is 5.69 Å². The molecule has 1 aromatic rings. The predicted molar refractivity (Wildman–Crippen MR) is 36.2 cm³/mol. The Morgan fingerprint density at radius 1 is 1.55 bits per heavy atom. The molecule has 5 heteroatoms. The average Bonchev–Trinajstić information content (AvgIpc) is 1.88. The van der Waals surface area contributed by atoms with Crippen molar-refractivity contribution >= 4 is 11.1 Å². The van der Waals surface area contributed by atoms with Gasteiger partial charge in [0.2, 0.25) is 0 Å². The molecule has 1 rings (SSSR count). The molecule has 0 saturated carbocycles. The molecular weight excluding hydrogens is 173 g/mol. The fraction of sp³-hybridized carbons (Fsp3) is 0.167. The summed E-state index contributed by atoms with van der Waals surface area (Å²) in [6, 6.07) is 3.18. The molecule has 1 aromatic heterocycles. The van der Waals surface area contributed by atoms with Gasteiger partial charge >= 0.3 is 29.6 Å². The van der Waals surface area contributed by atoms with E-state index < -0.39 is 11.1 Å². The molecule has 1 atom stereocenters. The van der Waals surface area contributed by atoms with Crippen molar-refractivity contribution in [3.63, 3.8) is 0 Å². The molecule has 1 unspecified atom stereocenters. The summed E-state index contributed by atoms with van der Waals surface area (Å²) in [6.07, 6.45) is 1.33. The summed E-state index contributed by atoms with van der Waals surface area (Å²) >= 11 is -2.15. The summed E-state index contributed by atoms with van der Waals surface area (Å²) in [5, 5.41) is 0. The van der Waals surface area contributed by atoms with E-state index in [4.69, 9.17) is 0 Å². The molecule has 0 N–H and O–H groups in total. The van der Waals surface area contributed by atoms with E-state index in [0.29, 0.717) is 0 Å². The van der Waals surface area contributed by atoms with E-state index in [1.54, 1.807) is 13.0 Å². The quantitative estimate of drug-likeness (QED) is 0.358. The second-order valence-electron chi connectivity index (χ2n) is 1.87. The molecule has 0 aliphatic carbocycles. The monoisotopic (exact) mass is 179 g/mol. The summed E-state index contributed by atoms with van der Waals surface area (Å²) in [5.41, 5.74) is 0.814. The van der Waals surface area contributed by atoms with Gasteiger partial charge in [-0.3, -0.25) is 9.19 Å². The van der Waals surface area contributed by atoms with Gasteiger partial charge in [0, 0.05) is 16.8 Å². The van der Waals surface area contributed by atoms with E-state index in [2.05, 4.69) is 4.98 Å². The molecule has 11 heavy (non-hydrogen) atoms. The van der Waals surface area contributed by atoms with E-state index >= 15 is 0 Å². The van der Waals surface area contributed by atoms with Crippen LogP contribution < -0.4 is 29.6 Å². The van der Waals surface area contributed by atoms with E-state index in [-0.39, 0.29) is 34.5 Å². The minimum Gasteiger partial charge on any atom is -0.768 e. The Bertz CT molecular complexity index is 249. The zero-order valence-corrected chi connectivity index (χ0v) is 9.22. The van der Waals surface area contributed by atoms with Crippen molar-refractivity contribution in [3.8, 4) is 0 Å². The first-order chi connectivity index (χ1) is 4.70. The maximum Gasteiger partial charge on any atom is 1.00 e. The molecule has 0 aliphatic heterocycles. The van der Waals surface area contributed by atoms with Gasteiger partial charge in [-0.1, -0.05) is 0 Å². The van der Waals surface area contributed by atoms with Crippen LogP contribution in [0.2, 0.25) is 0 Å². The topological polar surface area (TPSA) is 53.0 Å². The fourth-order valence-corrected chi connectivity index (χ4v) is 0.871. The normalized spacial score (nSPS) is 11.8. The third-order valence-electron chi connectivity index (χ3n) is 1.08. The number of pyridine rings is 1.